The Kier molecular flexibility index (Phi) is 9.90. The lowest BCUT2D eigenvalue weighted by Crippen LogP contribution is -2.58. The fourth-order valence-corrected chi connectivity index (χ4v) is 2.63. The number of aliphatic hydroxyl groups excluding tert-OH is 1. The standard InChI is InChI=1S/C20H30N4O7/c1-10(2)17(20(31)22-9-15(27)28)24-18(29)14(23-19(30)16(21)11(3)25)8-12-4-6-13(26)7-5-12/h4-7,10-11,14,16-17,25-26H,8-9,21H2,1-3H3,(H,22,31)(H,23,30)(H,24,29)(H,27,28). The van der Waals surface area contributed by atoms with Crippen LogP contribution in [0.3, 0.4) is 0 Å². The maximum absolute atomic E-state index is 12.9. The largest absolute Gasteiger partial charge is 0.508 e. The van der Waals surface area contributed by atoms with E-state index in [4.69, 9.17) is 10.8 Å². The molecule has 11 nitrogen and oxygen atoms in total. The van der Waals surface area contributed by atoms with Gasteiger partial charge in [0.15, 0.2) is 0 Å². The Bertz CT molecular complexity index is 780. The zero-order chi connectivity index (χ0) is 23.7. The summed E-state index contributed by atoms with van der Waals surface area (Å²) in [5.41, 5.74) is 6.25. The van der Waals surface area contributed by atoms with Crippen LogP contribution in [0.4, 0.5) is 0 Å². The second kappa shape index (κ2) is 11.9. The van der Waals surface area contributed by atoms with Crippen molar-refractivity contribution in [2.45, 2.75) is 51.4 Å². The van der Waals surface area contributed by atoms with E-state index in [1.807, 2.05) is 0 Å². The number of hydrogen-bond acceptors (Lipinski definition) is 7. The maximum Gasteiger partial charge on any atom is 0.322 e. The number of benzene rings is 1. The third kappa shape index (κ3) is 8.60. The van der Waals surface area contributed by atoms with E-state index >= 15 is 0 Å². The van der Waals surface area contributed by atoms with Gasteiger partial charge in [0, 0.05) is 6.42 Å². The average molecular weight is 438 g/mol. The molecule has 0 aromatic heterocycles. The number of nitrogens with one attached hydrogen (secondary N) is 3. The molecule has 0 aliphatic heterocycles. The number of aliphatic hydroxyl groups is 1. The number of aliphatic carboxylic acids is 1. The lowest BCUT2D eigenvalue weighted by molar-refractivity contribution is -0.139. The molecule has 1 aromatic rings. The summed E-state index contributed by atoms with van der Waals surface area (Å²) in [5.74, 6) is -3.70. The van der Waals surface area contributed by atoms with Crippen molar-refractivity contribution in [2.24, 2.45) is 11.7 Å². The second-order valence-electron chi connectivity index (χ2n) is 7.54. The van der Waals surface area contributed by atoms with E-state index in [0.29, 0.717) is 5.56 Å². The number of carboxylic acids is 1. The van der Waals surface area contributed by atoms with Crippen LogP contribution in [-0.2, 0) is 25.6 Å². The van der Waals surface area contributed by atoms with Crippen molar-refractivity contribution in [1.82, 2.24) is 16.0 Å². The fourth-order valence-electron chi connectivity index (χ4n) is 2.63. The summed E-state index contributed by atoms with van der Waals surface area (Å²) >= 11 is 0. The molecular formula is C20H30N4O7. The Labute approximate surface area is 180 Å². The van der Waals surface area contributed by atoms with E-state index in [0.717, 1.165) is 0 Å². The molecule has 0 fully saturated rings. The summed E-state index contributed by atoms with van der Waals surface area (Å²) < 4.78 is 0. The van der Waals surface area contributed by atoms with Gasteiger partial charge in [0.05, 0.1) is 6.10 Å². The molecular weight excluding hydrogens is 408 g/mol. The Morgan fingerprint density at radius 2 is 1.55 bits per heavy atom. The highest BCUT2D eigenvalue weighted by Crippen LogP contribution is 2.12. The lowest BCUT2D eigenvalue weighted by atomic mass is 10.0. The van der Waals surface area contributed by atoms with E-state index in [1.165, 1.54) is 19.1 Å². The highest BCUT2D eigenvalue weighted by molar-refractivity contribution is 5.94. The molecule has 0 saturated carbocycles. The molecule has 0 spiro atoms. The van der Waals surface area contributed by atoms with E-state index in [1.54, 1.807) is 26.0 Å². The molecule has 4 unspecified atom stereocenters. The zero-order valence-electron chi connectivity index (χ0n) is 17.7. The summed E-state index contributed by atoms with van der Waals surface area (Å²) in [4.78, 5) is 48.2. The molecule has 1 rings (SSSR count). The highest BCUT2D eigenvalue weighted by Gasteiger charge is 2.30. The molecule has 3 amide bonds. The van der Waals surface area contributed by atoms with Crippen molar-refractivity contribution < 1.29 is 34.5 Å². The third-order valence-electron chi connectivity index (χ3n) is 4.49. The summed E-state index contributed by atoms with van der Waals surface area (Å²) in [6.45, 7) is 4.07. The molecule has 8 N–H and O–H groups in total. The molecule has 0 radical (unpaired) electrons. The zero-order valence-corrected chi connectivity index (χ0v) is 17.7. The highest BCUT2D eigenvalue weighted by atomic mass is 16.4. The number of rotatable bonds is 11. The van der Waals surface area contributed by atoms with Gasteiger partial charge >= 0.3 is 5.97 Å². The van der Waals surface area contributed by atoms with Gasteiger partial charge in [-0.1, -0.05) is 26.0 Å². The average Bonchev–Trinajstić information content (AvgIpc) is 2.69. The van der Waals surface area contributed by atoms with Crippen LogP contribution in [-0.4, -0.2) is 69.8 Å². The Balaban J connectivity index is 3.03. The first-order valence-electron chi connectivity index (χ1n) is 9.74. The monoisotopic (exact) mass is 438 g/mol. The van der Waals surface area contributed by atoms with Crippen LogP contribution in [0.25, 0.3) is 0 Å². The molecule has 31 heavy (non-hydrogen) atoms. The van der Waals surface area contributed by atoms with Crippen molar-refractivity contribution in [3.63, 3.8) is 0 Å². The Hall–Kier alpha value is -3.18. The van der Waals surface area contributed by atoms with Gasteiger partial charge in [-0.3, -0.25) is 19.2 Å². The normalized spacial score (nSPS) is 14.8. The molecule has 0 saturated heterocycles. The van der Waals surface area contributed by atoms with Gasteiger partial charge in [0.2, 0.25) is 17.7 Å². The van der Waals surface area contributed by atoms with E-state index in [9.17, 15) is 29.4 Å². The van der Waals surface area contributed by atoms with Crippen molar-refractivity contribution >= 4 is 23.7 Å². The second-order valence-corrected chi connectivity index (χ2v) is 7.54. The smallest absolute Gasteiger partial charge is 0.322 e. The molecule has 0 aliphatic carbocycles. The number of phenols is 1. The summed E-state index contributed by atoms with van der Waals surface area (Å²) in [6, 6.07) is 2.52. The fraction of sp³-hybridized carbons (Fsp3) is 0.500. The molecule has 0 heterocycles. The van der Waals surface area contributed by atoms with Crippen LogP contribution in [0.5, 0.6) is 5.75 Å². The summed E-state index contributed by atoms with van der Waals surface area (Å²) in [5, 5.41) is 34.9. The molecule has 1 aromatic carbocycles. The minimum atomic E-state index is -1.27. The van der Waals surface area contributed by atoms with Gasteiger partial charge in [-0.05, 0) is 30.5 Å². The van der Waals surface area contributed by atoms with E-state index in [-0.39, 0.29) is 18.1 Å². The minimum Gasteiger partial charge on any atom is -0.508 e. The molecule has 0 bridgehead atoms. The lowest BCUT2D eigenvalue weighted by Gasteiger charge is -2.26. The molecule has 4 atom stereocenters. The Morgan fingerprint density at radius 3 is 2.03 bits per heavy atom. The van der Waals surface area contributed by atoms with Crippen LogP contribution >= 0.6 is 0 Å². The number of aromatic hydroxyl groups is 1. The van der Waals surface area contributed by atoms with Crippen LogP contribution in [0, 0.1) is 5.92 Å². The number of hydrogen-bond donors (Lipinski definition) is 7. The first-order chi connectivity index (χ1) is 14.4. The van der Waals surface area contributed by atoms with Gasteiger partial charge in [0.1, 0.15) is 30.4 Å². The number of nitrogens with two attached hydrogens (primary N) is 1. The third-order valence-corrected chi connectivity index (χ3v) is 4.49. The van der Waals surface area contributed by atoms with Crippen molar-refractivity contribution in [2.75, 3.05) is 6.54 Å². The van der Waals surface area contributed by atoms with E-state index < -0.39 is 54.5 Å². The first kappa shape index (κ1) is 25.9. The minimum absolute atomic E-state index is 0.0198. The maximum atomic E-state index is 12.9. The number of carboxylic acid groups (broad SMARTS) is 1. The number of phenolic OH excluding ortho intramolecular Hbond substituents is 1. The van der Waals surface area contributed by atoms with Crippen molar-refractivity contribution in [3.8, 4) is 5.75 Å². The van der Waals surface area contributed by atoms with Crippen molar-refractivity contribution in [1.29, 1.82) is 0 Å². The Morgan fingerprint density at radius 1 is 0.968 bits per heavy atom. The van der Waals surface area contributed by atoms with Gasteiger partial charge < -0.3 is 37.0 Å². The molecule has 0 aliphatic rings. The van der Waals surface area contributed by atoms with Gasteiger partial charge in [-0.15, -0.1) is 0 Å². The predicted molar refractivity (Wildman–Crippen MR) is 111 cm³/mol. The molecule has 11 heteroatoms. The van der Waals surface area contributed by atoms with Gasteiger partial charge in [0.25, 0.3) is 0 Å². The number of amides is 3. The SMILES string of the molecule is CC(C)C(NC(=O)C(Cc1ccc(O)cc1)NC(=O)C(N)C(C)O)C(=O)NCC(=O)O. The number of carbonyl (C=O) groups excluding carboxylic acids is 3. The van der Waals surface area contributed by atoms with Gasteiger partial charge in [-0.2, -0.15) is 0 Å². The first-order valence-corrected chi connectivity index (χ1v) is 9.74. The van der Waals surface area contributed by atoms with E-state index in [2.05, 4.69) is 16.0 Å². The quantitative estimate of drug-likeness (QED) is 0.216. The molecule has 172 valence electrons. The summed E-state index contributed by atoms with van der Waals surface area (Å²) in [7, 11) is 0. The van der Waals surface area contributed by atoms with Crippen LogP contribution in [0.2, 0.25) is 0 Å². The van der Waals surface area contributed by atoms with Gasteiger partial charge in [-0.25, -0.2) is 0 Å². The predicted octanol–water partition coefficient (Wildman–Crippen LogP) is -1.53. The number of carbonyl (C=O) groups is 4. The van der Waals surface area contributed by atoms with Crippen LogP contribution in [0.15, 0.2) is 24.3 Å². The topological polar surface area (TPSA) is 191 Å². The van der Waals surface area contributed by atoms with Crippen molar-refractivity contribution in [3.05, 3.63) is 29.8 Å². The van der Waals surface area contributed by atoms with Crippen LogP contribution < -0.4 is 21.7 Å². The summed E-state index contributed by atoms with van der Waals surface area (Å²) in [6.07, 6.45) is -1.13. The van der Waals surface area contributed by atoms with Crippen LogP contribution in [0.1, 0.15) is 26.3 Å².